The van der Waals surface area contributed by atoms with E-state index in [2.05, 4.69) is 5.32 Å². The molecule has 0 bridgehead atoms. The Hall–Kier alpha value is -1.99. The number of carbonyl (C=O) groups is 2. The predicted octanol–water partition coefficient (Wildman–Crippen LogP) is 2.24. The summed E-state index contributed by atoms with van der Waals surface area (Å²) in [6.07, 6.45) is 0.780. The number of amides is 1. The van der Waals surface area contributed by atoms with Crippen LogP contribution in [0.3, 0.4) is 0 Å². The number of aliphatic carboxylic acids is 1. The van der Waals surface area contributed by atoms with Gasteiger partial charge in [-0.2, -0.15) is 0 Å². The molecule has 2 unspecified atom stereocenters. The van der Waals surface area contributed by atoms with Crippen LogP contribution in [0.15, 0.2) is 18.2 Å². The molecule has 1 amide bonds. The molecule has 2 atom stereocenters. The number of nitrogens with one attached hydrogen (secondary N) is 1. The van der Waals surface area contributed by atoms with Gasteiger partial charge in [0.15, 0.2) is 11.5 Å². The molecule has 1 aliphatic heterocycles. The second-order valence-electron chi connectivity index (χ2n) is 6.17. The van der Waals surface area contributed by atoms with Crippen LogP contribution in [0.25, 0.3) is 0 Å². The van der Waals surface area contributed by atoms with Gasteiger partial charge >= 0.3 is 5.97 Å². The van der Waals surface area contributed by atoms with Crippen LogP contribution in [-0.4, -0.2) is 54.2 Å². The highest BCUT2D eigenvalue weighted by molar-refractivity contribution is 5.85. The second-order valence-corrected chi connectivity index (χ2v) is 6.17. The van der Waals surface area contributed by atoms with E-state index in [0.717, 1.165) is 12.0 Å². The molecule has 146 valence electrons. The Kier molecular flexibility index (Phi) is 8.68. The summed E-state index contributed by atoms with van der Waals surface area (Å²) < 4.78 is 11.1. The molecule has 0 aromatic heterocycles. The largest absolute Gasteiger partial charge is 0.486 e. The Morgan fingerprint density at radius 2 is 1.88 bits per heavy atom. The normalized spacial score (nSPS) is 14.9. The third kappa shape index (κ3) is 5.78. The quantitative estimate of drug-likeness (QED) is 0.712. The van der Waals surface area contributed by atoms with Crippen molar-refractivity contribution in [2.24, 2.45) is 0 Å². The Balaban J connectivity index is 0.00000338. The van der Waals surface area contributed by atoms with Crippen molar-refractivity contribution in [2.45, 2.75) is 39.3 Å². The first-order chi connectivity index (χ1) is 11.9. The third-order valence-corrected chi connectivity index (χ3v) is 4.20. The molecule has 0 radical (unpaired) electrons. The van der Waals surface area contributed by atoms with Gasteiger partial charge in [0.25, 0.3) is 0 Å². The summed E-state index contributed by atoms with van der Waals surface area (Å²) in [5.41, 5.74) is 0.907. The molecule has 1 heterocycles. The van der Waals surface area contributed by atoms with Crippen LogP contribution in [0, 0.1) is 0 Å². The molecule has 8 heteroatoms. The van der Waals surface area contributed by atoms with Gasteiger partial charge in [0, 0.05) is 0 Å². The molecule has 1 aromatic rings. The van der Waals surface area contributed by atoms with Crippen molar-refractivity contribution in [1.29, 1.82) is 0 Å². The van der Waals surface area contributed by atoms with Gasteiger partial charge in [-0.05, 0) is 44.5 Å². The molecule has 0 fully saturated rings. The van der Waals surface area contributed by atoms with Crippen LogP contribution in [0.2, 0.25) is 0 Å². The van der Waals surface area contributed by atoms with Crippen LogP contribution in [0.4, 0.5) is 0 Å². The lowest BCUT2D eigenvalue weighted by molar-refractivity contribution is -0.140. The lowest BCUT2D eigenvalue weighted by Gasteiger charge is -2.28. The average molecular weight is 387 g/mol. The van der Waals surface area contributed by atoms with Crippen LogP contribution in [-0.2, 0) is 9.59 Å². The number of ether oxygens (including phenoxy) is 2. The molecular weight excluding hydrogens is 360 g/mol. The minimum Gasteiger partial charge on any atom is -0.486 e. The summed E-state index contributed by atoms with van der Waals surface area (Å²) >= 11 is 0. The van der Waals surface area contributed by atoms with E-state index >= 15 is 0 Å². The third-order valence-electron chi connectivity index (χ3n) is 4.20. The number of hydrogen-bond donors (Lipinski definition) is 2. The van der Waals surface area contributed by atoms with Crippen molar-refractivity contribution in [1.82, 2.24) is 10.2 Å². The minimum atomic E-state index is -0.937. The number of rotatable bonds is 8. The number of carboxylic acids is 1. The zero-order chi connectivity index (χ0) is 18.4. The molecule has 1 aromatic carbocycles. The fraction of sp³-hybridized carbons (Fsp3) is 0.556. The van der Waals surface area contributed by atoms with E-state index < -0.39 is 12.0 Å². The van der Waals surface area contributed by atoms with Gasteiger partial charge in [0.1, 0.15) is 13.2 Å². The van der Waals surface area contributed by atoms with Gasteiger partial charge in [-0.15, -0.1) is 12.4 Å². The molecule has 2 N–H and O–H groups in total. The molecule has 0 saturated carbocycles. The van der Waals surface area contributed by atoms with Gasteiger partial charge in [0.2, 0.25) is 5.91 Å². The summed E-state index contributed by atoms with van der Waals surface area (Å²) in [5.74, 6) is 0.249. The molecule has 2 rings (SSSR count). The van der Waals surface area contributed by atoms with Gasteiger partial charge in [-0.25, -0.2) is 0 Å². The first-order valence-corrected chi connectivity index (χ1v) is 8.58. The first-order valence-electron chi connectivity index (χ1n) is 8.58. The zero-order valence-corrected chi connectivity index (χ0v) is 16.2. The smallest absolute Gasteiger partial charge is 0.317 e. The summed E-state index contributed by atoms with van der Waals surface area (Å²) in [5, 5.41) is 12.0. The monoisotopic (exact) mass is 386 g/mol. The van der Waals surface area contributed by atoms with Crippen LogP contribution in [0.1, 0.15) is 38.8 Å². The van der Waals surface area contributed by atoms with Crippen molar-refractivity contribution in [3.8, 4) is 11.5 Å². The maximum Gasteiger partial charge on any atom is 0.317 e. The summed E-state index contributed by atoms with van der Waals surface area (Å²) in [6, 6.07) is 4.86. The number of fused-ring (bicyclic) bond motifs is 1. The number of hydrogen-bond acceptors (Lipinski definition) is 5. The van der Waals surface area contributed by atoms with Crippen molar-refractivity contribution in [3.63, 3.8) is 0 Å². The minimum absolute atomic E-state index is 0. The van der Waals surface area contributed by atoms with Gasteiger partial charge in [-0.3, -0.25) is 14.5 Å². The van der Waals surface area contributed by atoms with E-state index in [1.165, 1.54) is 0 Å². The highest BCUT2D eigenvalue weighted by Gasteiger charge is 2.24. The number of halogens is 1. The fourth-order valence-corrected chi connectivity index (χ4v) is 2.78. The Bertz CT molecular complexity index is 626. The second kappa shape index (κ2) is 10.2. The maximum atomic E-state index is 12.5. The van der Waals surface area contributed by atoms with Gasteiger partial charge in [-0.1, -0.05) is 13.0 Å². The topological polar surface area (TPSA) is 88.1 Å². The van der Waals surface area contributed by atoms with E-state index in [9.17, 15) is 9.59 Å². The summed E-state index contributed by atoms with van der Waals surface area (Å²) in [4.78, 5) is 25.2. The van der Waals surface area contributed by atoms with E-state index in [-0.39, 0.29) is 30.9 Å². The number of carbonyl (C=O) groups excluding carboxylic acids is 1. The van der Waals surface area contributed by atoms with Crippen molar-refractivity contribution < 1.29 is 24.2 Å². The van der Waals surface area contributed by atoms with Crippen molar-refractivity contribution in [2.75, 3.05) is 26.3 Å². The zero-order valence-electron chi connectivity index (χ0n) is 15.4. The standard InChI is InChI=1S/C18H26N2O5.ClH/c1-4-7-20(11-17(21)22)13(3)18(23)19-12(2)14-5-6-15-16(10-14)25-9-8-24-15;/h5-6,10,12-13H,4,7-9,11H2,1-3H3,(H,19,23)(H,21,22);1H. The maximum absolute atomic E-state index is 12.5. The van der Waals surface area contributed by atoms with Crippen LogP contribution < -0.4 is 14.8 Å². The SMILES string of the molecule is CCCN(CC(=O)O)C(C)C(=O)NC(C)c1ccc2c(c1)OCCO2.Cl. The molecule has 0 saturated heterocycles. The van der Waals surface area contributed by atoms with E-state index in [4.69, 9.17) is 14.6 Å². The molecule has 26 heavy (non-hydrogen) atoms. The summed E-state index contributed by atoms with van der Waals surface area (Å²) in [6.45, 7) is 7.02. The number of nitrogens with zero attached hydrogens (tertiary/aromatic N) is 1. The van der Waals surface area contributed by atoms with Crippen molar-refractivity contribution in [3.05, 3.63) is 23.8 Å². The molecular formula is C18H27ClN2O5. The number of carboxylic acid groups (broad SMARTS) is 1. The van der Waals surface area contributed by atoms with Crippen LogP contribution >= 0.6 is 12.4 Å². The summed E-state index contributed by atoms with van der Waals surface area (Å²) in [7, 11) is 0. The molecule has 1 aliphatic rings. The highest BCUT2D eigenvalue weighted by Crippen LogP contribution is 2.32. The Labute approximate surface area is 160 Å². The first kappa shape index (κ1) is 22.1. The van der Waals surface area contributed by atoms with E-state index in [1.807, 2.05) is 32.0 Å². The van der Waals surface area contributed by atoms with Gasteiger partial charge < -0.3 is 19.9 Å². The van der Waals surface area contributed by atoms with E-state index in [1.54, 1.807) is 11.8 Å². The lowest BCUT2D eigenvalue weighted by Crippen LogP contribution is -2.47. The fourth-order valence-electron chi connectivity index (χ4n) is 2.78. The molecule has 0 aliphatic carbocycles. The van der Waals surface area contributed by atoms with Crippen molar-refractivity contribution >= 4 is 24.3 Å². The Morgan fingerprint density at radius 3 is 2.50 bits per heavy atom. The molecule has 7 nitrogen and oxygen atoms in total. The van der Waals surface area contributed by atoms with E-state index in [0.29, 0.717) is 31.3 Å². The van der Waals surface area contributed by atoms with Gasteiger partial charge in [0.05, 0.1) is 18.6 Å². The predicted molar refractivity (Wildman–Crippen MR) is 100 cm³/mol. The molecule has 0 spiro atoms. The highest BCUT2D eigenvalue weighted by atomic mass is 35.5. The van der Waals surface area contributed by atoms with Crippen LogP contribution in [0.5, 0.6) is 11.5 Å². The number of benzene rings is 1. The Morgan fingerprint density at radius 1 is 1.23 bits per heavy atom. The lowest BCUT2D eigenvalue weighted by atomic mass is 10.1. The average Bonchev–Trinajstić information content (AvgIpc) is 2.59.